The normalized spacial score (nSPS) is 25.5. The van der Waals surface area contributed by atoms with Gasteiger partial charge in [0.1, 0.15) is 11.3 Å². The van der Waals surface area contributed by atoms with E-state index in [1.165, 1.54) is 0 Å². The van der Waals surface area contributed by atoms with Crippen molar-refractivity contribution in [2.24, 2.45) is 0 Å². The first-order chi connectivity index (χ1) is 10.4. The highest BCUT2D eigenvalue weighted by molar-refractivity contribution is 7.91. The zero-order chi connectivity index (χ0) is 15.9. The molecule has 0 aliphatic carbocycles. The van der Waals surface area contributed by atoms with Crippen molar-refractivity contribution in [2.45, 2.75) is 26.3 Å². The Balaban J connectivity index is 1.61. The van der Waals surface area contributed by atoms with Crippen molar-refractivity contribution in [3.8, 4) is 0 Å². The predicted octanol–water partition coefficient (Wildman–Crippen LogP) is 0.236. The number of sulfone groups is 1. The molecule has 0 bridgehead atoms. The van der Waals surface area contributed by atoms with Crippen LogP contribution >= 0.6 is 0 Å². The Hall–Kier alpha value is -1.41. The third kappa shape index (κ3) is 2.89. The molecule has 2 aliphatic rings. The second kappa shape index (κ2) is 5.66. The summed E-state index contributed by atoms with van der Waals surface area (Å²) in [6.07, 6.45) is 0.708. The number of carbonyl (C=O) groups is 1. The lowest BCUT2D eigenvalue weighted by atomic mass is 10.1. The van der Waals surface area contributed by atoms with E-state index < -0.39 is 9.84 Å². The molecule has 3 rings (SSSR count). The third-order valence-electron chi connectivity index (χ3n) is 4.57. The van der Waals surface area contributed by atoms with Crippen LogP contribution in [0.15, 0.2) is 4.52 Å². The molecule has 1 aromatic heterocycles. The van der Waals surface area contributed by atoms with Gasteiger partial charge in [-0.05, 0) is 20.3 Å². The molecule has 0 unspecified atom stereocenters. The van der Waals surface area contributed by atoms with Crippen LogP contribution in [0.4, 0.5) is 0 Å². The van der Waals surface area contributed by atoms with E-state index in [1.54, 1.807) is 18.7 Å². The van der Waals surface area contributed by atoms with Gasteiger partial charge in [-0.2, -0.15) is 0 Å². The minimum absolute atomic E-state index is 0.0463. The SMILES string of the molecule is Cc1noc(C)c1C(=O)N1CCN([C@H]2CCS(=O)(=O)C2)CC1. The summed E-state index contributed by atoms with van der Waals surface area (Å²) in [6.45, 7) is 6.17. The lowest BCUT2D eigenvalue weighted by molar-refractivity contribution is 0.0585. The molecule has 1 aromatic rings. The number of carbonyl (C=O) groups excluding carboxylic acids is 1. The van der Waals surface area contributed by atoms with Gasteiger partial charge in [-0.3, -0.25) is 9.69 Å². The minimum Gasteiger partial charge on any atom is -0.361 e. The molecule has 3 heterocycles. The van der Waals surface area contributed by atoms with Crippen LogP contribution in [0.25, 0.3) is 0 Å². The number of hydrogen-bond donors (Lipinski definition) is 0. The molecule has 0 N–H and O–H groups in total. The quantitative estimate of drug-likeness (QED) is 0.773. The van der Waals surface area contributed by atoms with E-state index >= 15 is 0 Å². The van der Waals surface area contributed by atoms with Gasteiger partial charge in [-0.25, -0.2) is 8.42 Å². The van der Waals surface area contributed by atoms with Crippen molar-refractivity contribution < 1.29 is 17.7 Å². The molecule has 22 heavy (non-hydrogen) atoms. The molecule has 2 aliphatic heterocycles. The minimum atomic E-state index is -2.86. The summed E-state index contributed by atoms with van der Waals surface area (Å²) in [5, 5.41) is 3.83. The summed E-state index contributed by atoms with van der Waals surface area (Å²) in [5.41, 5.74) is 1.17. The molecule has 8 heteroatoms. The maximum absolute atomic E-state index is 12.5. The molecule has 0 aromatic carbocycles. The van der Waals surface area contributed by atoms with Crippen molar-refractivity contribution >= 4 is 15.7 Å². The Morgan fingerprint density at radius 3 is 2.41 bits per heavy atom. The van der Waals surface area contributed by atoms with Gasteiger partial charge in [0.05, 0.1) is 17.2 Å². The van der Waals surface area contributed by atoms with Crippen molar-refractivity contribution in [3.05, 3.63) is 17.0 Å². The number of nitrogens with zero attached hydrogens (tertiary/aromatic N) is 3. The average molecular weight is 327 g/mol. The van der Waals surface area contributed by atoms with Crippen molar-refractivity contribution in [1.29, 1.82) is 0 Å². The van der Waals surface area contributed by atoms with Gasteiger partial charge < -0.3 is 9.42 Å². The number of amides is 1. The van der Waals surface area contributed by atoms with Gasteiger partial charge >= 0.3 is 0 Å². The highest BCUT2D eigenvalue weighted by atomic mass is 32.2. The van der Waals surface area contributed by atoms with Crippen LogP contribution in [0, 0.1) is 13.8 Å². The van der Waals surface area contributed by atoms with Crippen LogP contribution in [-0.2, 0) is 9.84 Å². The number of piperazine rings is 1. The van der Waals surface area contributed by atoms with Gasteiger partial charge in [0.15, 0.2) is 9.84 Å². The van der Waals surface area contributed by atoms with Crippen molar-refractivity contribution in [2.75, 3.05) is 37.7 Å². The lowest BCUT2D eigenvalue weighted by Gasteiger charge is -2.37. The third-order valence-corrected chi connectivity index (χ3v) is 6.32. The van der Waals surface area contributed by atoms with E-state index in [1.807, 2.05) is 0 Å². The highest BCUT2D eigenvalue weighted by Crippen LogP contribution is 2.21. The predicted molar refractivity (Wildman–Crippen MR) is 80.5 cm³/mol. The van der Waals surface area contributed by atoms with Crippen LogP contribution in [0.3, 0.4) is 0 Å². The Morgan fingerprint density at radius 2 is 1.91 bits per heavy atom. The van der Waals surface area contributed by atoms with E-state index in [0.717, 1.165) is 13.1 Å². The van der Waals surface area contributed by atoms with E-state index in [9.17, 15) is 13.2 Å². The second-order valence-corrected chi connectivity index (χ2v) is 8.31. The van der Waals surface area contributed by atoms with Crippen LogP contribution in [0.5, 0.6) is 0 Å². The summed E-state index contributed by atoms with van der Waals surface area (Å²) in [6, 6.07) is 0.112. The van der Waals surface area contributed by atoms with Gasteiger partial charge in [0.2, 0.25) is 0 Å². The Bertz CT molecular complexity index is 655. The molecule has 0 spiro atoms. The van der Waals surface area contributed by atoms with E-state index in [2.05, 4.69) is 10.1 Å². The molecule has 7 nitrogen and oxygen atoms in total. The summed E-state index contributed by atoms with van der Waals surface area (Å²) >= 11 is 0. The van der Waals surface area contributed by atoms with Crippen molar-refractivity contribution in [3.63, 3.8) is 0 Å². The lowest BCUT2D eigenvalue weighted by Crippen LogP contribution is -2.52. The Labute approximate surface area is 130 Å². The monoisotopic (exact) mass is 327 g/mol. The first kappa shape index (κ1) is 15.5. The van der Waals surface area contributed by atoms with Crippen LogP contribution in [-0.4, -0.2) is 73.0 Å². The first-order valence-electron chi connectivity index (χ1n) is 7.54. The molecule has 122 valence electrons. The zero-order valence-corrected chi connectivity index (χ0v) is 13.7. The largest absolute Gasteiger partial charge is 0.361 e. The molecule has 2 saturated heterocycles. The van der Waals surface area contributed by atoms with Crippen LogP contribution in [0.1, 0.15) is 28.2 Å². The maximum atomic E-state index is 12.5. The molecule has 1 atom stereocenters. The molecular weight excluding hydrogens is 306 g/mol. The maximum Gasteiger partial charge on any atom is 0.259 e. The van der Waals surface area contributed by atoms with Crippen LogP contribution in [0.2, 0.25) is 0 Å². The van der Waals surface area contributed by atoms with E-state index in [0.29, 0.717) is 36.5 Å². The van der Waals surface area contributed by atoms with Gasteiger partial charge in [-0.1, -0.05) is 5.16 Å². The Kier molecular flexibility index (Phi) is 3.98. The standard InChI is InChI=1S/C14H21N3O4S/c1-10-13(11(2)21-15-10)14(18)17-6-4-16(5-7-17)12-3-8-22(19,20)9-12/h12H,3-9H2,1-2H3/t12-/m0/s1. The van der Waals surface area contributed by atoms with Crippen molar-refractivity contribution in [1.82, 2.24) is 15.0 Å². The molecule has 0 saturated carbocycles. The van der Waals surface area contributed by atoms with E-state index in [-0.39, 0.29) is 23.5 Å². The average Bonchev–Trinajstić information content (AvgIpc) is 3.01. The second-order valence-electron chi connectivity index (χ2n) is 6.08. The topological polar surface area (TPSA) is 83.7 Å². The van der Waals surface area contributed by atoms with Gasteiger partial charge in [0.25, 0.3) is 5.91 Å². The Morgan fingerprint density at radius 1 is 1.23 bits per heavy atom. The molecule has 0 radical (unpaired) electrons. The summed E-state index contributed by atoms with van der Waals surface area (Å²) in [5.74, 6) is 1.04. The first-order valence-corrected chi connectivity index (χ1v) is 9.36. The smallest absolute Gasteiger partial charge is 0.259 e. The number of rotatable bonds is 2. The fraction of sp³-hybridized carbons (Fsp3) is 0.714. The number of aryl methyl sites for hydroxylation is 2. The number of hydrogen-bond acceptors (Lipinski definition) is 6. The van der Waals surface area contributed by atoms with Gasteiger partial charge in [-0.15, -0.1) is 0 Å². The highest BCUT2D eigenvalue weighted by Gasteiger charge is 2.35. The van der Waals surface area contributed by atoms with E-state index in [4.69, 9.17) is 4.52 Å². The summed E-state index contributed by atoms with van der Waals surface area (Å²) < 4.78 is 28.2. The zero-order valence-electron chi connectivity index (χ0n) is 12.9. The summed E-state index contributed by atoms with van der Waals surface area (Å²) in [4.78, 5) is 16.5. The molecule has 1 amide bonds. The number of aromatic nitrogens is 1. The van der Waals surface area contributed by atoms with Crippen LogP contribution < -0.4 is 0 Å². The summed E-state index contributed by atoms with van der Waals surface area (Å²) in [7, 11) is -2.86. The molecule has 2 fully saturated rings. The fourth-order valence-electron chi connectivity index (χ4n) is 3.30. The van der Waals surface area contributed by atoms with Gasteiger partial charge in [0, 0.05) is 32.2 Å². The molecular formula is C14H21N3O4S. The fourth-order valence-corrected chi connectivity index (χ4v) is 5.06.